The average molecular weight is 922 g/mol. The summed E-state index contributed by atoms with van der Waals surface area (Å²) in [6, 6.07) is -0.714. The lowest BCUT2D eigenvalue weighted by molar-refractivity contribution is -0.302. The number of hydrogen-bond donors (Lipinski definition) is 6. The van der Waals surface area contributed by atoms with Gasteiger partial charge in [0.2, 0.25) is 5.91 Å². The van der Waals surface area contributed by atoms with Crippen LogP contribution < -0.4 is 5.32 Å². The summed E-state index contributed by atoms with van der Waals surface area (Å²) in [6.45, 7) is 3.82. The Morgan fingerprint density at radius 3 is 1.32 bits per heavy atom. The maximum absolute atomic E-state index is 13.0. The average Bonchev–Trinajstić information content (AvgIpc) is 3.31. The molecule has 7 unspecified atom stereocenters. The van der Waals surface area contributed by atoms with Gasteiger partial charge in [-0.1, -0.05) is 244 Å². The van der Waals surface area contributed by atoms with E-state index in [1.807, 2.05) is 0 Å². The summed E-state index contributed by atoms with van der Waals surface area (Å²) in [7, 11) is 0. The van der Waals surface area contributed by atoms with Crippen molar-refractivity contribution >= 4 is 5.91 Å². The van der Waals surface area contributed by atoms with Crippen LogP contribution >= 0.6 is 0 Å². The zero-order chi connectivity index (χ0) is 47.3. The summed E-state index contributed by atoms with van der Waals surface area (Å²) < 4.78 is 11.3. The van der Waals surface area contributed by atoms with Gasteiger partial charge < -0.3 is 40.3 Å². The molecule has 0 spiro atoms. The fourth-order valence-electron chi connectivity index (χ4n) is 9.08. The van der Waals surface area contributed by atoms with Gasteiger partial charge in [-0.25, -0.2) is 0 Å². The molecule has 6 N–H and O–H groups in total. The number of allylic oxidation sites excluding steroid dienone is 4. The molecule has 1 saturated heterocycles. The largest absolute Gasteiger partial charge is 0.394 e. The van der Waals surface area contributed by atoms with Gasteiger partial charge in [0.15, 0.2) is 6.29 Å². The van der Waals surface area contributed by atoms with Gasteiger partial charge in [-0.2, -0.15) is 0 Å². The molecule has 1 fully saturated rings. The minimum atomic E-state index is -1.55. The van der Waals surface area contributed by atoms with Gasteiger partial charge in [-0.15, -0.1) is 0 Å². The number of ether oxygens (including phenoxy) is 2. The third kappa shape index (κ3) is 36.3. The second-order valence-electron chi connectivity index (χ2n) is 19.7. The van der Waals surface area contributed by atoms with Crippen molar-refractivity contribution in [3.8, 4) is 0 Å². The lowest BCUT2D eigenvalue weighted by Gasteiger charge is -2.40. The zero-order valence-electron chi connectivity index (χ0n) is 42.5. The first kappa shape index (κ1) is 61.7. The number of nitrogens with one attached hydrogen (secondary N) is 1. The molecular weight excluding hydrogens is 815 g/mol. The highest BCUT2D eigenvalue weighted by atomic mass is 16.7. The lowest BCUT2D eigenvalue weighted by Crippen LogP contribution is -2.60. The molecule has 1 amide bonds. The Labute approximate surface area is 400 Å². The molecule has 0 bridgehead atoms. The maximum atomic E-state index is 13.0. The number of carbonyl (C=O) groups is 1. The van der Waals surface area contributed by atoms with Gasteiger partial charge in [0.25, 0.3) is 0 Å². The molecule has 7 atom stereocenters. The standard InChI is InChI=1S/C56H107NO8/c1-3-5-7-9-11-13-14-15-16-17-18-19-20-21-22-23-24-25-26-27-28-29-30-31-32-33-34-35-36-38-40-42-44-46-52(60)57-49(50(59)45-43-41-39-37-12-10-8-6-4-2)48-64-56-55(63)54(62)53(61)51(47-58)65-56/h18-19,21-22,49-51,53-56,58-59,61-63H,3-17,20,23-48H2,1-2H3,(H,57,60)/b19-18-,22-21-. The summed E-state index contributed by atoms with van der Waals surface area (Å²) in [4.78, 5) is 13.0. The molecule has 65 heavy (non-hydrogen) atoms. The molecule has 1 heterocycles. The third-order valence-corrected chi connectivity index (χ3v) is 13.6. The highest BCUT2D eigenvalue weighted by Crippen LogP contribution is 2.23. The lowest BCUT2D eigenvalue weighted by atomic mass is 9.99. The summed E-state index contributed by atoms with van der Waals surface area (Å²) in [5.74, 6) is -0.143. The monoisotopic (exact) mass is 922 g/mol. The number of hydrogen-bond acceptors (Lipinski definition) is 8. The van der Waals surface area contributed by atoms with Crippen molar-refractivity contribution in [2.24, 2.45) is 0 Å². The molecule has 9 heteroatoms. The molecule has 9 nitrogen and oxygen atoms in total. The van der Waals surface area contributed by atoms with Gasteiger partial charge in [-0.3, -0.25) is 4.79 Å². The number of unbranched alkanes of at least 4 members (excludes halogenated alkanes) is 34. The minimum absolute atomic E-state index is 0.135. The van der Waals surface area contributed by atoms with Crippen molar-refractivity contribution in [3.05, 3.63) is 24.3 Å². The molecule has 1 aliphatic rings. The van der Waals surface area contributed by atoms with E-state index in [9.17, 15) is 30.3 Å². The van der Waals surface area contributed by atoms with E-state index in [1.54, 1.807) is 0 Å². The summed E-state index contributed by atoms with van der Waals surface area (Å²) in [5, 5.41) is 54.3. The first-order chi connectivity index (χ1) is 31.8. The van der Waals surface area contributed by atoms with Crippen molar-refractivity contribution in [2.45, 2.75) is 314 Å². The highest BCUT2D eigenvalue weighted by Gasteiger charge is 2.44. The van der Waals surface area contributed by atoms with Crippen LogP contribution in [0.25, 0.3) is 0 Å². The van der Waals surface area contributed by atoms with E-state index in [-0.39, 0.29) is 12.5 Å². The summed E-state index contributed by atoms with van der Waals surface area (Å²) in [5.41, 5.74) is 0. The van der Waals surface area contributed by atoms with Crippen LogP contribution in [-0.2, 0) is 14.3 Å². The molecule has 1 rings (SSSR count). The van der Waals surface area contributed by atoms with Gasteiger partial charge in [0.1, 0.15) is 24.4 Å². The Bertz CT molecular complexity index is 1070. The van der Waals surface area contributed by atoms with Crippen LogP contribution in [0.3, 0.4) is 0 Å². The summed E-state index contributed by atoms with van der Waals surface area (Å²) in [6.07, 6.45) is 51.0. The second-order valence-corrected chi connectivity index (χ2v) is 19.7. The zero-order valence-corrected chi connectivity index (χ0v) is 42.5. The van der Waals surface area contributed by atoms with Crippen LogP contribution in [0.15, 0.2) is 24.3 Å². The van der Waals surface area contributed by atoms with E-state index >= 15 is 0 Å². The molecule has 0 saturated carbocycles. The minimum Gasteiger partial charge on any atom is -0.394 e. The van der Waals surface area contributed by atoms with E-state index in [0.717, 1.165) is 44.9 Å². The number of amides is 1. The Hall–Kier alpha value is -1.33. The number of aliphatic hydroxyl groups is 5. The van der Waals surface area contributed by atoms with Crippen LogP contribution in [0.2, 0.25) is 0 Å². The third-order valence-electron chi connectivity index (χ3n) is 13.6. The second kappa shape index (κ2) is 46.4. The van der Waals surface area contributed by atoms with Crippen LogP contribution in [-0.4, -0.2) is 87.5 Å². The molecule has 0 aromatic heterocycles. The molecule has 384 valence electrons. The fourth-order valence-corrected chi connectivity index (χ4v) is 9.08. The van der Waals surface area contributed by atoms with Gasteiger partial charge in [0, 0.05) is 6.42 Å². The van der Waals surface area contributed by atoms with Crippen LogP contribution in [0.4, 0.5) is 0 Å². The van der Waals surface area contributed by atoms with Crippen LogP contribution in [0, 0.1) is 0 Å². The quantitative estimate of drug-likeness (QED) is 0.0261. The molecule has 0 aromatic rings. The maximum Gasteiger partial charge on any atom is 0.220 e. The number of rotatable bonds is 48. The van der Waals surface area contributed by atoms with E-state index in [2.05, 4.69) is 43.5 Å². The first-order valence-electron chi connectivity index (χ1n) is 28.0. The molecule has 0 aliphatic carbocycles. The van der Waals surface area contributed by atoms with Gasteiger partial charge in [0.05, 0.1) is 25.4 Å². The highest BCUT2D eigenvalue weighted by molar-refractivity contribution is 5.76. The number of aliphatic hydroxyl groups excluding tert-OH is 5. The van der Waals surface area contributed by atoms with Crippen molar-refractivity contribution in [3.63, 3.8) is 0 Å². The Balaban J connectivity index is 2.06. The Kier molecular flexibility index (Phi) is 44.0. The molecule has 0 radical (unpaired) electrons. The van der Waals surface area contributed by atoms with E-state index in [0.29, 0.717) is 12.8 Å². The fraction of sp³-hybridized carbons (Fsp3) is 0.911. The predicted molar refractivity (Wildman–Crippen MR) is 272 cm³/mol. The Morgan fingerprint density at radius 1 is 0.523 bits per heavy atom. The van der Waals surface area contributed by atoms with Crippen molar-refractivity contribution in [2.75, 3.05) is 13.2 Å². The normalized spacial score (nSPS) is 20.0. The SMILES string of the molecule is CCCCCCCCCCC/C=C\C/C=C\CCCCCCCCCCCCCCCCCCCC(=O)NC(COC1OC(CO)C(O)C(O)C1O)C(O)CCCCCCCCCCC. The van der Waals surface area contributed by atoms with Crippen molar-refractivity contribution < 1.29 is 39.8 Å². The first-order valence-corrected chi connectivity index (χ1v) is 28.0. The van der Waals surface area contributed by atoms with E-state index < -0.39 is 49.5 Å². The van der Waals surface area contributed by atoms with Crippen LogP contribution in [0.1, 0.15) is 271 Å². The molecule has 0 aromatic carbocycles. The predicted octanol–water partition coefficient (Wildman–Crippen LogP) is 13.4. The Morgan fingerprint density at radius 2 is 0.908 bits per heavy atom. The van der Waals surface area contributed by atoms with E-state index in [4.69, 9.17) is 9.47 Å². The van der Waals surface area contributed by atoms with Gasteiger partial charge >= 0.3 is 0 Å². The molecular formula is C56H107NO8. The molecule has 1 aliphatic heterocycles. The van der Waals surface area contributed by atoms with Gasteiger partial charge in [-0.05, 0) is 44.9 Å². The van der Waals surface area contributed by atoms with Crippen molar-refractivity contribution in [1.29, 1.82) is 0 Å². The smallest absolute Gasteiger partial charge is 0.220 e. The summed E-state index contributed by atoms with van der Waals surface area (Å²) >= 11 is 0. The van der Waals surface area contributed by atoms with E-state index in [1.165, 1.54) is 199 Å². The number of carbonyl (C=O) groups excluding carboxylic acids is 1. The van der Waals surface area contributed by atoms with Crippen molar-refractivity contribution in [1.82, 2.24) is 5.32 Å². The topological polar surface area (TPSA) is 149 Å². The van der Waals surface area contributed by atoms with Crippen LogP contribution in [0.5, 0.6) is 0 Å².